The average molecular weight is 236 g/mol. The molecule has 90 valence electrons. The molecule has 1 saturated heterocycles. The Morgan fingerprint density at radius 3 is 2.87 bits per heavy atom. The maximum Gasteiger partial charge on any atom is 0.279 e. The quantitative estimate of drug-likeness (QED) is 0.694. The van der Waals surface area contributed by atoms with Crippen LogP contribution in [0.3, 0.4) is 0 Å². The molecule has 1 atom stereocenters. The lowest BCUT2D eigenvalue weighted by atomic mass is 10.0. The van der Waals surface area contributed by atoms with Gasteiger partial charge in [0.05, 0.1) is 6.61 Å². The smallest absolute Gasteiger partial charge is 0.279 e. The second kappa shape index (κ2) is 5.79. The van der Waals surface area contributed by atoms with Gasteiger partial charge in [0, 0.05) is 26.7 Å². The van der Waals surface area contributed by atoms with Crippen LogP contribution in [0.5, 0.6) is 0 Å². The van der Waals surface area contributed by atoms with Crippen molar-refractivity contribution in [3.05, 3.63) is 0 Å². The Morgan fingerprint density at radius 1 is 1.53 bits per heavy atom. The van der Waals surface area contributed by atoms with Gasteiger partial charge in [-0.2, -0.15) is 17.4 Å². The number of nitrogens with zero attached hydrogens (tertiary/aromatic N) is 1. The van der Waals surface area contributed by atoms with Gasteiger partial charge >= 0.3 is 0 Å². The highest BCUT2D eigenvalue weighted by Crippen LogP contribution is 2.17. The van der Waals surface area contributed by atoms with Crippen molar-refractivity contribution in [2.45, 2.75) is 19.8 Å². The minimum absolute atomic E-state index is 0.337. The van der Waals surface area contributed by atoms with Gasteiger partial charge in [-0.05, 0) is 18.8 Å². The van der Waals surface area contributed by atoms with Gasteiger partial charge in [0.1, 0.15) is 0 Å². The molecule has 1 rings (SSSR count). The number of nitrogens with one attached hydrogen (secondary N) is 1. The molecule has 1 aliphatic heterocycles. The monoisotopic (exact) mass is 236 g/mol. The van der Waals surface area contributed by atoms with Crippen LogP contribution in [-0.2, 0) is 14.9 Å². The van der Waals surface area contributed by atoms with E-state index in [1.807, 2.05) is 0 Å². The molecule has 0 aromatic heterocycles. The van der Waals surface area contributed by atoms with E-state index >= 15 is 0 Å². The van der Waals surface area contributed by atoms with E-state index < -0.39 is 10.2 Å². The van der Waals surface area contributed by atoms with Crippen LogP contribution in [0.25, 0.3) is 0 Å². The number of hydrogen-bond acceptors (Lipinski definition) is 3. The molecule has 1 aliphatic rings. The highest BCUT2D eigenvalue weighted by atomic mass is 32.2. The van der Waals surface area contributed by atoms with Gasteiger partial charge in [0.2, 0.25) is 0 Å². The van der Waals surface area contributed by atoms with Gasteiger partial charge in [0.25, 0.3) is 10.2 Å². The Bertz CT molecular complexity index is 279. The summed E-state index contributed by atoms with van der Waals surface area (Å²) in [4.78, 5) is 0. The number of piperidine rings is 1. The Hall–Kier alpha value is -0.170. The van der Waals surface area contributed by atoms with Crippen LogP contribution in [-0.4, -0.2) is 46.1 Å². The maximum absolute atomic E-state index is 11.8. The summed E-state index contributed by atoms with van der Waals surface area (Å²) in [7, 11) is -1.73. The van der Waals surface area contributed by atoms with E-state index in [0.717, 1.165) is 12.8 Å². The van der Waals surface area contributed by atoms with E-state index in [1.54, 1.807) is 7.11 Å². The first-order chi connectivity index (χ1) is 7.06. The van der Waals surface area contributed by atoms with Crippen LogP contribution in [0.15, 0.2) is 0 Å². The zero-order chi connectivity index (χ0) is 11.3. The molecule has 0 spiro atoms. The number of hydrogen-bond donors (Lipinski definition) is 1. The van der Waals surface area contributed by atoms with Crippen LogP contribution < -0.4 is 4.72 Å². The van der Waals surface area contributed by atoms with Crippen LogP contribution in [0.1, 0.15) is 19.8 Å². The third-order valence-electron chi connectivity index (χ3n) is 2.55. The standard InChI is InChI=1S/C9H20N2O3S/c1-9-4-3-6-11(8-9)15(12,13)10-5-7-14-2/h9-10H,3-8H2,1-2H3. The van der Waals surface area contributed by atoms with E-state index in [0.29, 0.717) is 32.2 Å². The van der Waals surface area contributed by atoms with Gasteiger partial charge in [-0.25, -0.2) is 0 Å². The van der Waals surface area contributed by atoms with E-state index in [4.69, 9.17) is 4.74 Å². The minimum atomic E-state index is -3.29. The molecule has 15 heavy (non-hydrogen) atoms. The lowest BCUT2D eigenvalue weighted by Crippen LogP contribution is -2.46. The fraction of sp³-hybridized carbons (Fsp3) is 1.00. The average Bonchev–Trinajstić information content (AvgIpc) is 2.18. The van der Waals surface area contributed by atoms with Crippen molar-refractivity contribution in [2.75, 3.05) is 33.4 Å². The molecule has 0 aliphatic carbocycles. The van der Waals surface area contributed by atoms with Gasteiger partial charge < -0.3 is 4.74 Å². The van der Waals surface area contributed by atoms with Gasteiger partial charge in [-0.3, -0.25) is 0 Å². The SMILES string of the molecule is COCCNS(=O)(=O)N1CCCC(C)C1. The Kier molecular flexibility index (Phi) is 4.98. The Morgan fingerprint density at radius 2 is 2.27 bits per heavy atom. The van der Waals surface area contributed by atoms with Gasteiger partial charge in [-0.1, -0.05) is 6.92 Å². The van der Waals surface area contributed by atoms with Crippen LogP contribution in [0, 0.1) is 5.92 Å². The van der Waals surface area contributed by atoms with Crippen molar-refractivity contribution in [1.82, 2.24) is 9.03 Å². The summed E-state index contributed by atoms with van der Waals surface area (Å²) < 4.78 is 32.4. The summed E-state index contributed by atoms with van der Waals surface area (Å²) in [5.41, 5.74) is 0. The fourth-order valence-electron chi connectivity index (χ4n) is 1.73. The lowest BCUT2D eigenvalue weighted by molar-refractivity contribution is 0.203. The van der Waals surface area contributed by atoms with Crippen molar-refractivity contribution < 1.29 is 13.2 Å². The van der Waals surface area contributed by atoms with Crippen molar-refractivity contribution in [1.29, 1.82) is 0 Å². The largest absolute Gasteiger partial charge is 0.383 e. The minimum Gasteiger partial charge on any atom is -0.383 e. The normalized spacial score (nSPS) is 24.3. The van der Waals surface area contributed by atoms with Gasteiger partial charge in [0.15, 0.2) is 0 Å². The van der Waals surface area contributed by atoms with Crippen LogP contribution >= 0.6 is 0 Å². The fourth-order valence-corrected chi connectivity index (χ4v) is 3.07. The zero-order valence-corrected chi connectivity index (χ0v) is 10.2. The molecule has 5 nitrogen and oxygen atoms in total. The van der Waals surface area contributed by atoms with Crippen LogP contribution in [0.4, 0.5) is 0 Å². The second-order valence-electron chi connectivity index (χ2n) is 4.00. The molecule has 0 aromatic carbocycles. The first-order valence-electron chi connectivity index (χ1n) is 5.30. The van der Waals surface area contributed by atoms with E-state index in [9.17, 15) is 8.42 Å². The molecule has 1 heterocycles. The first kappa shape index (κ1) is 12.9. The summed E-state index contributed by atoms with van der Waals surface area (Å²) in [6, 6.07) is 0. The summed E-state index contributed by atoms with van der Waals surface area (Å²) in [5.74, 6) is 0.456. The van der Waals surface area contributed by atoms with E-state index in [-0.39, 0.29) is 0 Å². The highest BCUT2D eigenvalue weighted by Gasteiger charge is 2.26. The molecule has 0 radical (unpaired) electrons. The van der Waals surface area contributed by atoms with Crippen molar-refractivity contribution in [3.8, 4) is 0 Å². The number of rotatable bonds is 5. The molecule has 0 amide bonds. The molecule has 6 heteroatoms. The molecule has 0 aromatic rings. The molecule has 1 fully saturated rings. The maximum atomic E-state index is 11.8. The number of methoxy groups -OCH3 is 1. The first-order valence-corrected chi connectivity index (χ1v) is 6.74. The summed E-state index contributed by atoms with van der Waals surface area (Å²) in [6.45, 7) is 4.08. The van der Waals surface area contributed by atoms with Crippen LogP contribution in [0.2, 0.25) is 0 Å². The van der Waals surface area contributed by atoms with Crippen molar-refractivity contribution in [3.63, 3.8) is 0 Å². The topological polar surface area (TPSA) is 58.6 Å². The molecule has 1 unspecified atom stereocenters. The molecule has 1 N–H and O–H groups in total. The Balaban J connectivity index is 2.45. The summed E-state index contributed by atoms with van der Waals surface area (Å²) >= 11 is 0. The molecular formula is C9H20N2O3S. The number of ether oxygens (including phenoxy) is 1. The highest BCUT2D eigenvalue weighted by molar-refractivity contribution is 7.87. The summed E-state index contributed by atoms with van der Waals surface area (Å²) in [6.07, 6.45) is 2.07. The predicted octanol–water partition coefficient (Wildman–Crippen LogP) is 0.199. The summed E-state index contributed by atoms with van der Waals surface area (Å²) in [5, 5.41) is 0. The molecule has 0 bridgehead atoms. The lowest BCUT2D eigenvalue weighted by Gasteiger charge is -2.29. The molecular weight excluding hydrogens is 216 g/mol. The third-order valence-corrected chi connectivity index (χ3v) is 4.13. The van der Waals surface area contributed by atoms with E-state index in [2.05, 4.69) is 11.6 Å². The zero-order valence-electron chi connectivity index (χ0n) is 9.40. The van der Waals surface area contributed by atoms with E-state index in [1.165, 1.54) is 4.31 Å². The van der Waals surface area contributed by atoms with Crippen molar-refractivity contribution in [2.24, 2.45) is 5.92 Å². The predicted molar refractivity (Wildman–Crippen MR) is 58.8 cm³/mol. The van der Waals surface area contributed by atoms with Gasteiger partial charge in [-0.15, -0.1) is 0 Å². The molecule has 0 saturated carbocycles. The third kappa shape index (κ3) is 4.06. The second-order valence-corrected chi connectivity index (χ2v) is 5.75. The van der Waals surface area contributed by atoms with Crippen molar-refractivity contribution >= 4 is 10.2 Å². The Labute approximate surface area is 92.0 Å².